The van der Waals surface area contributed by atoms with Gasteiger partial charge in [-0.25, -0.2) is 4.79 Å². The predicted molar refractivity (Wildman–Crippen MR) is 52.4 cm³/mol. The number of aliphatic carboxylic acids is 1. The second kappa shape index (κ2) is 4.35. The summed E-state index contributed by atoms with van der Waals surface area (Å²) in [5.41, 5.74) is -0.507. The van der Waals surface area contributed by atoms with Crippen LogP contribution >= 0.6 is 23.2 Å². The molecule has 0 heterocycles. The van der Waals surface area contributed by atoms with Crippen molar-refractivity contribution in [3.63, 3.8) is 0 Å². The summed E-state index contributed by atoms with van der Waals surface area (Å²) < 4.78 is 0. The molecule has 1 aromatic rings. The number of halogens is 2. The number of alkyl halides is 1. The average Bonchev–Trinajstić information content (AvgIpc) is 2.08. The third-order valence-corrected chi connectivity index (χ3v) is 1.90. The van der Waals surface area contributed by atoms with E-state index in [-0.39, 0.29) is 0 Å². The lowest BCUT2D eigenvalue weighted by molar-refractivity contribution is -0.136. The number of hydrogen-bond donors (Lipinski definition) is 2. The Hall–Kier alpha value is -0.930. The third kappa shape index (κ3) is 3.13. The largest absolute Gasteiger partial charge is 0.479 e. The second-order valence-corrected chi connectivity index (χ2v) is 3.22. The monoisotopic (exact) mass is 219 g/mol. The van der Waals surface area contributed by atoms with Crippen LogP contribution in [-0.2, 0) is 4.79 Å². The molecule has 0 saturated heterocycles. The van der Waals surface area contributed by atoms with Gasteiger partial charge in [-0.1, -0.05) is 23.2 Å². The van der Waals surface area contributed by atoms with E-state index in [0.29, 0.717) is 10.7 Å². The molecule has 1 rings (SSSR count). The first-order chi connectivity index (χ1) is 6.09. The highest BCUT2D eigenvalue weighted by molar-refractivity contribution is 6.31. The van der Waals surface area contributed by atoms with Crippen LogP contribution in [0.1, 0.15) is 0 Å². The van der Waals surface area contributed by atoms with E-state index in [0.717, 1.165) is 0 Å². The van der Waals surface area contributed by atoms with Gasteiger partial charge in [0.15, 0.2) is 5.50 Å². The molecule has 3 nitrogen and oxygen atoms in total. The van der Waals surface area contributed by atoms with E-state index < -0.39 is 11.5 Å². The van der Waals surface area contributed by atoms with Gasteiger partial charge in [0.1, 0.15) is 0 Å². The van der Waals surface area contributed by atoms with Crippen molar-refractivity contribution in [3.8, 4) is 0 Å². The summed E-state index contributed by atoms with van der Waals surface area (Å²) in [5, 5.41) is 11.6. The zero-order valence-corrected chi connectivity index (χ0v) is 8.01. The average molecular weight is 220 g/mol. The smallest absolute Gasteiger partial charge is 0.341 e. The highest BCUT2D eigenvalue weighted by Gasteiger charge is 2.11. The van der Waals surface area contributed by atoms with Gasteiger partial charge in [0, 0.05) is 10.7 Å². The van der Waals surface area contributed by atoms with Crippen molar-refractivity contribution in [1.29, 1.82) is 0 Å². The molecule has 1 aromatic carbocycles. The van der Waals surface area contributed by atoms with Crippen LogP contribution in [0, 0.1) is 0 Å². The molecule has 0 saturated carbocycles. The molecule has 0 aliphatic carbocycles. The Morgan fingerprint density at radius 2 is 1.92 bits per heavy atom. The van der Waals surface area contributed by atoms with Crippen molar-refractivity contribution < 1.29 is 9.90 Å². The van der Waals surface area contributed by atoms with Crippen molar-refractivity contribution in [2.45, 2.75) is 5.50 Å². The number of nitrogens with one attached hydrogen (secondary N) is 1. The molecule has 0 bridgehead atoms. The van der Waals surface area contributed by atoms with Crippen LogP contribution in [0.3, 0.4) is 0 Å². The van der Waals surface area contributed by atoms with Gasteiger partial charge in [-0.15, -0.1) is 0 Å². The van der Waals surface area contributed by atoms with Crippen LogP contribution < -0.4 is 5.32 Å². The van der Waals surface area contributed by atoms with Crippen LogP contribution in [0.5, 0.6) is 0 Å². The molecule has 0 radical (unpaired) electrons. The Bertz CT molecular complexity index is 300. The Balaban J connectivity index is 2.64. The van der Waals surface area contributed by atoms with Crippen LogP contribution in [-0.4, -0.2) is 16.6 Å². The van der Waals surface area contributed by atoms with E-state index in [1.807, 2.05) is 0 Å². The molecule has 0 aliphatic heterocycles. The van der Waals surface area contributed by atoms with E-state index in [4.69, 9.17) is 28.3 Å². The van der Waals surface area contributed by atoms with E-state index >= 15 is 0 Å². The third-order valence-electron chi connectivity index (χ3n) is 1.35. The molecule has 1 atom stereocenters. The van der Waals surface area contributed by atoms with Crippen molar-refractivity contribution in [3.05, 3.63) is 29.3 Å². The minimum Gasteiger partial charge on any atom is -0.479 e. The number of carboxylic acid groups (broad SMARTS) is 1. The topological polar surface area (TPSA) is 49.3 Å². The van der Waals surface area contributed by atoms with Crippen molar-refractivity contribution in [2.24, 2.45) is 0 Å². The highest BCUT2D eigenvalue weighted by atomic mass is 35.5. The van der Waals surface area contributed by atoms with E-state index in [1.165, 1.54) is 0 Å². The molecule has 13 heavy (non-hydrogen) atoms. The summed E-state index contributed by atoms with van der Waals surface area (Å²) in [5.74, 6) is -1.11. The number of rotatable bonds is 3. The molecular weight excluding hydrogens is 213 g/mol. The standard InChI is InChI=1S/C8H7Cl2NO2/c9-5-1-3-6(4-2-5)11-7(10)8(12)13/h1-4,7,11H,(H,12,13). The lowest BCUT2D eigenvalue weighted by Gasteiger charge is -2.08. The quantitative estimate of drug-likeness (QED) is 0.607. The number of benzene rings is 1. The maximum absolute atomic E-state index is 10.4. The van der Waals surface area contributed by atoms with Gasteiger partial charge >= 0.3 is 5.97 Å². The van der Waals surface area contributed by atoms with E-state index in [1.54, 1.807) is 24.3 Å². The van der Waals surface area contributed by atoms with Gasteiger partial charge in [0.25, 0.3) is 0 Å². The minimum atomic E-state index is -1.12. The zero-order valence-electron chi connectivity index (χ0n) is 6.50. The van der Waals surface area contributed by atoms with Crippen LogP contribution in [0.4, 0.5) is 5.69 Å². The van der Waals surface area contributed by atoms with Crippen molar-refractivity contribution in [1.82, 2.24) is 0 Å². The highest BCUT2D eigenvalue weighted by Crippen LogP contribution is 2.14. The maximum atomic E-state index is 10.4. The molecule has 2 N–H and O–H groups in total. The van der Waals surface area contributed by atoms with Gasteiger partial charge in [0.2, 0.25) is 0 Å². The Morgan fingerprint density at radius 1 is 1.38 bits per heavy atom. The minimum absolute atomic E-state index is 0.590. The van der Waals surface area contributed by atoms with Crippen LogP contribution in [0.15, 0.2) is 24.3 Å². The second-order valence-electron chi connectivity index (χ2n) is 2.35. The van der Waals surface area contributed by atoms with Gasteiger partial charge in [-0.05, 0) is 24.3 Å². The molecule has 0 spiro atoms. The fourth-order valence-corrected chi connectivity index (χ4v) is 1.01. The molecular formula is C8H7Cl2NO2. The number of hydrogen-bond acceptors (Lipinski definition) is 2. The molecule has 0 amide bonds. The first-order valence-corrected chi connectivity index (χ1v) is 4.30. The van der Waals surface area contributed by atoms with Crippen molar-refractivity contribution in [2.75, 3.05) is 5.32 Å². The summed E-state index contributed by atoms with van der Waals surface area (Å²) in [6.07, 6.45) is 0. The van der Waals surface area contributed by atoms with Crippen molar-refractivity contribution >= 4 is 34.9 Å². The molecule has 70 valence electrons. The SMILES string of the molecule is O=C(O)C(Cl)Nc1ccc(Cl)cc1. The summed E-state index contributed by atoms with van der Waals surface area (Å²) in [4.78, 5) is 10.4. The van der Waals surface area contributed by atoms with Crippen LogP contribution in [0.25, 0.3) is 0 Å². The summed E-state index contributed by atoms with van der Waals surface area (Å²) in [7, 11) is 0. The molecule has 5 heteroatoms. The van der Waals surface area contributed by atoms with Gasteiger partial charge < -0.3 is 10.4 Å². The van der Waals surface area contributed by atoms with E-state index in [2.05, 4.69) is 5.32 Å². The van der Waals surface area contributed by atoms with E-state index in [9.17, 15) is 4.79 Å². The lowest BCUT2D eigenvalue weighted by atomic mass is 10.3. The van der Waals surface area contributed by atoms with Crippen LogP contribution in [0.2, 0.25) is 5.02 Å². The lowest BCUT2D eigenvalue weighted by Crippen LogP contribution is -2.22. The first-order valence-electron chi connectivity index (χ1n) is 3.48. The molecule has 0 fully saturated rings. The maximum Gasteiger partial charge on any atom is 0.341 e. The number of carboxylic acids is 1. The number of carbonyl (C=O) groups is 1. The van der Waals surface area contributed by atoms with Gasteiger partial charge in [-0.2, -0.15) is 0 Å². The fraction of sp³-hybridized carbons (Fsp3) is 0.125. The summed E-state index contributed by atoms with van der Waals surface area (Å²) in [6.45, 7) is 0. The fourth-order valence-electron chi connectivity index (χ4n) is 0.754. The predicted octanol–water partition coefficient (Wildman–Crippen LogP) is 2.40. The summed E-state index contributed by atoms with van der Waals surface area (Å²) >= 11 is 11.1. The molecule has 0 aliphatic rings. The first kappa shape index (κ1) is 10.2. The Morgan fingerprint density at radius 3 is 2.38 bits per heavy atom. The number of anilines is 1. The summed E-state index contributed by atoms with van der Waals surface area (Å²) in [6, 6.07) is 6.60. The zero-order chi connectivity index (χ0) is 9.84. The molecule has 1 unspecified atom stereocenters. The van der Waals surface area contributed by atoms with Gasteiger partial charge in [-0.3, -0.25) is 0 Å². The normalized spacial score (nSPS) is 12.2. The van der Waals surface area contributed by atoms with Gasteiger partial charge in [0.05, 0.1) is 0 Å². The Kier molecular flexibility index (Phi) is 3.39. The Labute approximate surface area is 85.3 Å². The molecule has 0 aromatic heterocycles.